The molecule has 1 aliphatic heterocycles. The van der Waals surface area contributed by atoms with E-state index in [9.17, 15) is 19.7 Å². The molecule has 9 nitrogen and oxygen atoms in total. The molecule has 0 saturated heterocycles. The zero-order valence-corrected chi connectivity index (χ0v) is 24.0. The van der Waals surface area contributed by atoms with Gasteiger partial charge in [0.1, 0.15) is 11.5 Å². The molecule has 1 aliphatic rings. The maximum atomic E-state index is 14.0. The number of thiazole rings is 1. The molecule has 0 N–H and O–H groups in total. The van der Waals surface area contributed by atoms with Crippen LogP contribution in [0.25, 0.3) is 23.1 Å². The van der Waals surface area contributed by atoms with Crippen molar-refractivity contribution >= 4 is 34.8 Å². The summed E-state index contributed by atoms with van der Waals surface area (Å²) in [5, 5.41) is 11.3. The molecule has 0 aliphatic carbocycles. The summed E-state index contributed by atoms with van der Waals surface area (Å²) < 4.78 is 13.4. The van der Waals surface area contributed by atoms with Gasteiger partial charge in [-0.05, 0) is 37.1 Å². The molecule has 0 spiro atoms. The van der Waals surface area contributed by atoms with Crippen LogP contribution in [-0.4, -0.2) is 22.1 Å². The SMILES string of the molecule is CCOC(=O)C1=C(c2ccccc2)N=c2s/c(=C\c3ccc(-c4cc([N+](=O)[O-])ccc4C)o3)c(=O)n2C1c1ccccc1. The van der Waals surface area contributed by atoms with E-state index in [2.05, 4.69) is 0 Å². The lowest BCUT2D eigenvalue weighted by Crippen LogP contribution is -2.39. The highest BCUT2D eigenvalue weighted by Crippen LogP contribution is 2.35. The third-order valence-corrected chi connectivity index (χ3v) is 8.07. The number of aryl methyl sites for hydroxylation is 1. The highest BCUT2D eigenvalue weighted by molar-refractivity contribution is 7.07. The largest absolute Gasteiger partial charge is 0.463 e. The normalized spacial score (nSPS) is 14.7. The van der Waals surface area contributed by atoms with Gasteiger partial charge < -0.3 is 9.15 Å². The van der Waals surface area contributed by atoms with Crippen LogP contribution < -0.4 is 14.9 Å². The average molecular weight is 592 g/mol. The molecule has 3 aromatic carbocycles. The third kappa shape index (κ3) is 5.24. The number of aromatic nitrogens is 1. The lowest BCUT2D eigenvalue weighted by Gasteiger charge is -2.25. The zero-order chi connectivity index (χ0) is 30.1. The number of furan rings is 1. The summed E-state index contributed by atoms with van der Waals surface area (Å²) in [4.78, 5) is 43.6. The molecule has 1 unspecified atom stereocenters. The minimum atomic E-state index is -0.770. The second-order valence-electron chi connectivity index (χ2n) is 9.80. The molecular formula is C33H25N3O6S. The number of hydrogen-bond donors (Lipinski definition) is 0. The molecule has 0 fully saturated rings. The summed E-state index contributed by atoms with van der Waals surface area (Å²) in [7, 11) is 0. The summed E-state index contributed by atoms with van der Waals surface area (Å²) in [6.07, 6.45) is 1.62. The monoisotopic (exact) mass is 591 g/mol. The minimum absolute atomic E-state index is 0.0422. The van der Waals surface area contributed by atoms with E-state index in [0.29, 0.717) is 32.1 Å². The van der Waals surface area contributed by atoms with Gasteiger partial charge in [0.2, 0.25) is 0 Å². The molecule has 3 heterocycles. The van der Waals surface area contributed by atoms with Gasteiger partial charge in [0.25, 0.3) is 11.2 Å². The molecule has 6 rings (SSSR count). The maximum Gasteiger partial charge on any atom is 0.338 e. The predicted molar refractivity (Wildman–Crippen MR) is 163 cm³/mol. The molecule has 2 aromatic heterocycles. The highest BCUT2D eigenvalue weighted by atomic mass is 32.1. The predicted octanol–water partition coefficient (Wildman–Crippen LogP) is 5.41. The van der Waals surface area contributed by atoms with E-state index in [1.54, 1.807) is 31.2 Å². The lowest BCUT2D eigenvalue weighted by molar-refractivity contribution is -0.384. The number of benzene rings is 3. The van der Waals surface area contributed by atoms with Crippen LogP contribution in [0.3, 0.4) is 0 Å². The lowest BCUT2D eigenvalue weighted by atomic mass is 9.93. The summed E-state index contributed by atoms with van der Waals surface area (Å²) >= 11 is 1.19. The number of nitro groups is 1. The van der Waals surface area contributed by atoms with Crippen molar-refractivity contribution in [1.29, 1.82) is 0 Å². The minimum Gasteiger partial charge on any atom is -0.463 e. The van der Waals surface area contributed by atoms with E-state index < -0.39 is 16.9 Å². The first-order chi connectivity index (χ1) is 20.9. The number of ether oxygens (including phenoxy) is 1. The van der Waals surface area contributed by atoms with Gasteiger partial charge in [0, 0.05) is 29.3 Å². The number of carbonyl (C=O) groups excluding carboxylic acids is 1. The molecule has 43 heavy (non-hydrogen) atoms. The van der Waals surface area contributed by atoms with Crippen LogP contribution in [0.4, 0.5) is 5.69 Å². The Morgan fingerprint density at radius 1 is 1.07 bits per heavy atom. The second-order valence-corrected chi connectivity index (χ2v) is 10.8. The van der Waals surface area contributed by atoms with Crippen molar-refractivity contribution < 1.29 is 18.9 Å². The van der Waals surface area contributed by atoms with Gasteiger partial charge in [0.05, 0.1) is 33.4 Å². The van der Waals surface area contributed by atoms with Gasteiger partial charge in [-0.3, -0.25) is 19.5 Å². The van der Waals surface area contributed by atoms with E-state index in [1.807, 2.05) is 67.6 Å². The number of rotatable bonds is 7. The molecule has 214 valence electrons. The van der Waals surface area contributed by atoms with Crippen LogP contribution in [0.2, 0.25) is 0 Å². The van der Waals surface area contributed by atoms with Gasteiger partial charge in [-0.2, -0.15) is 0 Å². The van der Waals surface area contributed by atoms with Crippen LogP contribution in [0, 0.1) is 17.0 Å². The van der Waals surface area contributed by atoms with E-state index in [-0.39, 0.29) is 23.4 Å². The molecular weight excluding hydrogens is 566 g/mol. The fraction of sp³-hybridized carbons (Fsp3) is 0.121. The number of non-ortho nitro benzene ring substituents is 1. The Balaban J connectivity index is 1.53. The first kappa shape index (κ1) is 27.8. The molecule has 0 radical (unpaired) electrons. The fourth-order valence-corrected chi connectivity index (χ4v) is 6.07. The topological polar surface area (TPSA) is 117 Å². The van der Waals surface area contributed by atoms with Crippen molar-refractivity contribution in [3.8, 4) is 11.3 Å². The Hall–Kier alpha value is -5.35. The zero-order valence-electron chi connectivity index (χ0n) is 23.2. The number of hydrogen-bond acceptors (Lipinski definition) is 8. The average Bonchev–Trinajstić information content (AvgIpc) is 3.61. The van der Waals surface area contributed by atoms with Gasteiger partial charge >= 0.3 is 5.97 Å². The van der Waals surface area contributed by atoms with Crippen LogP contribution in [0.1, 0.15) is 35.4 Å². The Kier molecular flexibility index (Phi) is 7.43. The first-order valence-electron chi connectivity index (χ1n) is 13.5. The van der Waals surface area contributed by atoms with Gasteiger partial charge in [-0.25, -0.2) is 9.79 Å². The molecule has 1 atom stereocenters. The van der Waals surface area contributed by atoms with Crippen molar-refractivity contribution in [1.82, 2.24) is 4.57 Å². The van der Waals surface area contributed by atoms with E-state index in [1.165, 1.54) is 28.0 Å². The number of fused-ring (bicyclic) bond motifs is 1. The van der Waals surface area contributed by atoms with E-state index in [4.69, 9.17) is 14.1 Å². The van der Waals surface area contributed by atoms with E-state index in [0.717, 1.165) is 16.7 Å². The van der Waals surface area contributed by atoms with Crippen molar-refractivity contribution in [2.75, 3.05) is 6.61 Å². The summed E-state index contributed by atoms with van der Waals surface area (Å²) in [6, 6.07) is 25.9. The molecule has 0 bridgehead atoms. The number of nitro benzene ring substituents is 1. The van der Waals surface area contributed by atoms with Gasteiger partial charge in [-0.1, -0.05) is 78.1 Å². The third-order valence-electron chi connectivity index (χ3n) is 7.09. The van der Waals surface area contributed by atoms with Crippen molar-refractivity contribution in [3.05, 3.63) is 149 Å². The second kappa shape index (κ2) is 11.5. The van der Waals surface area contributed by atoms with Crippen molar-refractivity contribution in [3.63, 3.8) is 0 Å². The Morgan fingerprint density at radius 2 is 1.79 bits per heavy atom. The van der Waals surface area contributed by atoms with Crippen LogP contribution >= 0.6 is 11.3 Å². The highest BCUT2D eigenvalue weighted by Gasteiger charge is 2.35. The molecule has 10 heteroatoms. The number of esters is 1. The van der Waals surface area contributed by atoms with Gasteiger partial charge in [-0.15, -0.1) is 0 Å². The van der Waals surface area contributed by atoms with Crippen LogP contribution in [-0.2, 0) is 9.53 Å². The summed E-state index contributed by atoms with van der Waals surface area (Å²) in [5.74, 6) is 0.296. The van der Waals surface area contributed by atoms with Crippen molar-refractivity contribution in [2.45, 2.75) is 19.9 Å². The van der Waals surface area contributed by atoms with Crippen LogP contribution in [0.5, 0.6) is 0 Å². The quantitative estimate of drug-likeness (QED) is 0.142. The molecule has 5 aromatic rings. The van der Waals surface area contributed by atoms with E-state index >= 15 is 0 Å². The number of carbonyl (C=O) groups is 1. The standard InChI is InChI=1S/C33H25N3O6S/c1-3-41-32(38)28-29(21-10-6-4-7-11-21)34-33-35(30(28)22-12-8-5-9-13-22)31(37)27(43-33)19-24-16-17-26(42-24)25-18-23(36(39)40)15-14-20(25)2/h4-19,30H,3H2,1-2H3/b27-19-. The first-order valence-corrected chi connectivity index (χ1v) is 14.4. The maximum absolute atomic E-state index is 14.0. The Bertz CT molecular complexity index is 2070. The summed E-state index contributed by atoms with van der Waals surface area (Å²) in [5.41, 5.74) is 3.21. The smallest absolute Gasteiger partial charge is 0.338 e. The van der Waals surface area contributed by atoms with Crippen LogP contribution in [0.15, 0.2) is 111 Å². The Labute approximate surface area is 249 Å². The summed E-state index contributed by atoms with van der Waals surface area (Å²) in [6.45, 7) is 3.75. The fourth-order valence-electron chi connectivity index (χ4n) is 5.08. The number of nitrogens with zero attached hydrogens (tertiary/aromatic N) is 3. The Morgan fingerprint density at radius 3 is 2.49 bits per heavy atom. The van der Waals surface area contributed by atoms with Crippen molar-refractivity contribution in [2.24, 2.45) is 4.99 Å². The molecule has 0 saturated carbocycles. The van der Waals surface area contributed by atoms with Gasteiger partial charge in [0.15, 0.2) is 4.80 Å². The molecule has 0 amide bonds.